The van der Waals surface area contributed by atoms with Crippen LogP contribution in [0, 0.1) is 5.92 Å². The van der Waals surface area contributed by atoms with Gasteiger partial charge >= 0.3 is 5.97 Å². The molecule has 1 saturated heterocycles. The van der Waals surface area contributed by atoms with Crippen molar-refractivity contribution in [1.82, 2.24) is 19.7 Å². The summed E-state index contributed by atoms with van der Waals surface area (Å²) in [6.45, 7) is 3.41. The zero-order chi connectivity index (χ0) is 23.5. The summed E-state index contributed by atoms with van der Waals surface area (Å²) in [6.07, 6.45) is 8.28. The highest BCUT2D eigenvalue weighted by Crippen LogP contribution is 2.47. The molecule has 1 N–H and O–H groups in total. The Morgan fingerprint density at radius 3 is 2.71 bits per heavy atom. The number of rotatable bonds is 6. The number of carbonyl (C=O) groups excluding carboxylic acids is 1. The number of benzene rings is 1. The predicted molar refractivity (Wildman–Crippen MR) is 128 cm³/mol. The van der Waals surface area contributed by atoms with E-state index in [0.29, 0.717) is 31.0 Å². The van der Waals surface area contributed by atoms with E-state index in [1.54, 1.807) is 17.1 Å². The lowest BCUT2D eigenvalue weighted by atomic mass is 9.66. The first-order chi connectivity index (χ1) is 16.6. The molecule has 2 aromatic heterocycles. The second-order valence-electron chi connectivity index (χ2n) is 9.29. The van der Waals surface area contributed by atoms with E-state index in [2.05, 4.69) is 27.1 Å². The van der Waals surface area contributed by atoms with Gasteiger partial charge in [0, 0.05) is 31.2 Å². The van der Waals surface area contributed by atoms with Crippen molar-refractivity contribution in [2.45, 2.75) is 57.2 Å². The van der Waals surface area contributed by atoms with Crippen LogP contribution < -0.4 is 0 Å². The fourth-order valence-corrected chi connectivity index (χ4v) is 5.83. The molecule has 0 radical (unpaired) electrons. The van der Waals surface area contributed by atoms with E-state index in [9.17, 15) is 9.90 Å². The highest BCUT2D eigenvalue weighted by molar-refractivity contribution is 5.90. The van der Waals surface area contributed by atoms with Crippen molar-refractivity contribution in [2.75, 3.05) is 13.2 Å². The maximum Gasteiger partial charge on any atom is 0.341 e. The average Bonchev–Trinajstić information content (AvgIpc) is 3.31. The molecule has 0 amide bonds. The van der Waals surface area contributed by atoms with Crippen LogP contribution in [-0.4, -0.2) is 49.9 Å². The zero-order valence-corrected chi connectivity index (χ0v) is 19.6. The monoisotopic (exact) mass is 460 g/mol. The number of esters is 1. The lowest BCUT2D eigenvalue weighted by molar-refractivity contribution is -0.123. The zero-order valence-electron chi connectivity index (χ0n) is 19.6. The first kappa shape index (κ1) is 22.7. The first-order valence-electron chi connectivity index (χ1n) is 12.3. The summed E-state index contributed by atoms with van der Waals surface area (Å²) < 4.78 is 7.09. The largest absolute Gasteiger partial charge is 0.462 e. The standard InChI is InChI=1S/C27H32N4O3/c1-2-34-26(32)21-18-29-31(25-14-8-9-16-28-25)24(21)19-30-17-15-27(33,20-10-4-3-5-11-20)22-12-6-7-13-23(22)30/h3-5,8-11,14,16,18,22-23,33H,2,6-7,12-13,15,17,19H2,1H3/t22-,23+,27+/m0/s1. The maximum atomic E-state index is 12.8. The summed E-state index contributed by atoms with van der Waals surface area (Å²) in [7, 11) is 0. The maximum absolute atomic E-state index is 12.8. The Morgan fingerprint density at radius 1 is 1.15 bits per heavy atom. The number of fused-ring (bicyclic) bond motifs is 1. The fraction of sp³-hybridized carbons (Fsp3) is 0.444. The molecule has 178 valence electrons. The molecule has 0 bridgehead atoms. The van der Waals surface area contributed by atoms with Crippen molar-refractivity contribution in [1.29, 1.82) is 0 Å². The number of aliphatic hydroxyl groups is 1. The number of pyridine rings is 1. The number of likely N-dealkylation sites (tertiary alicyclic amines) is 1. The Balaban J connectivity index is 1.49. The minimum absolute atomic E-state index is 0.148. The average molecular weight is 461 g/mol. The number of carbonyl (C=O) groups is 1. The van der Waals surface area contributed by atoms with Crippen LogP contribution in [0.4, 0.5) is 0 Å². The molecule has 7 heteroatoms. The van der Waals surface area contributed by atoms with Crippen molar-refractivity contribution >= 4 is 5.97 Å². The van der Waals surface area contributed by atoms with E-state index in [1.165, 1.54) is 0 Å². The molecule has 7 nitrogen and oxygen atoms in total. The van der Waals surface area contributed by atoms with E-state index in [4.69, 9.17) is 4.74 Å². The van der Waals surface area contributed by atoms with Gasteiger partial charge in [0.25, 0.3) is 0 Å². The molecule has 1 aromatic carbocycles. The molecule has 2 aliphatic rings. The lowest BCUT2D eigenvalue weighted by Crippen LogP contribution is -2.57. The van der Waals surface area contributed by atoms with Crippen LogP contribution in [0.25, 0.3) is 5.82 Å². The smallest absolute Gasteiger partial charge is 0.341 e. The van der Waals surface area contributed by atoms with Gasteiger partial charge in [-0.05, 0) is 43.9 Å². The molecule has 1 aliphatic heterocycles. The molecular weight excluding hydrogens is 428 g/mol. The van der Waals surface area contributed by atoms with Crippen molar-refractivity contribution < 1.29 is 14.6 Å². The first-order valence-corrected chi connectivity index (χ1v) is 12.3. The second-order valence-corrected chi connectivity index (χ2v) is 9.29. The Hall–Kier alpha value is -3.03. The molecule has 0 spiro atoms. The van der Waals surface area contributed by atoms with Gasteiger partial charge in [0.2, 0.25) is 0 Å². The third-order valence-electron chi connectivity index (χ3n) is 7.45. The minimum Gasteiger partial charge on any atom is -0.462 e. The van der Waals surface area contributed by atoms with Crippen LogP contribution in [0.2, 0.25) is 0 Å². The van der Waals surface area contributed by atoms with Crippen molar-refractivity contribution in [3.05, 3.63) is 77.7 Å². The number of aromatic nitrogens is 3. The van der Waals surface area contributed by atoms with Crippen LogP contribution in [0.5, 0.6) is 0 Å². The molecular formula is C27H32N4O3. The highest BCUT2D eigenvalue weighted by atomic mass is 16.5. The van der Waals surface area contributed by atoms with Gasteiger partial charge in [-0.3, -0.25) is 4.90 Å². The van der Waals surface area contributed by atoms with Crippen LogP contribution in [-0.2, 0) is 16.9 Å². The number of hydrogen-bond acceptors (Lipinski definition) is 6. The third-order valence-corrected chi connectivity index (χ3v) is 7.45. The Labute approximate surface area is 200 Å². The van der Waals surface area contributed by atoms with Gasteiger partial charge in [0.1, 0.15) is 5.56 Å². The SMILES string of the molecule is CCOC(=O)c1cnn(-c2ccccn2)c1CN1CC[C@@](O)(c2ccccc2)[C@H]2CCCC[C@H]21. The Kier molecular flexibility index (Phi) is 6.48. The molecule has 1 aliphatic carbocycles. The summed E-state index contributed by atoms with van der Waals surface area (Å²) in [6, 6.07) is 16.0. The van der Waals surface area contributed by atoms with Gasteiger partial charge < -0.3 is 9.84 Å². The van der Waals surface area contributed by atoms with Gasteiger partial charge in [0.15, 0.2) is 5.82 Å². The van der Waals surface area contributed by atoms with E-state index in [1.807, 2.05) is 43.3 Å². The Morgan fingerprint density at radius 2 is 1.94 bits per heavy atom. The summed E-state index contributed by atoms with van der Waals surface area (Å²) in [5.41, 5.74) is 1.45. The summed E-state index contributed by atoms with van der Waals surface area (Å²) in [5, 5.41) is 16.4. The van der Waals surface area contributed by atoms with Gasteiger partial charge in [0.05, 0.1) is 24.1 Å². The predicted octanol–water partition coefficient (Wildman–Crippen LogP) is 4.10. The quantitative estimate of drug-likeness (QED) is 0.558. The number of nitrogens with zero attached hydrogens (tertiary/aromatic N) is 4. The Bertz CT molecular complexity index is 1120. The van der Waals surface area contributed by atoms with Gasteiger partial charge in [-0.1, -0.05) is 49.2 Å². The molecule has 1 saturated carbocycles. The second kappa shape index (κ2) is 9.68. The van der Waals surface area contributed by atoms with Gasteiger partial charge in [-0.2, -0.15) is 5.10 Å². The molecule has 0 unspecified atom stereocenters. The van der Waals surface area contributed by atoms with E-state index >= 15 is 0 Å². The topological polar surface area (TPSA) is 80.5 Å². The summed E-state index contributed by atoms with van der Waals surface area (Å²) in [5.74, 6) is 0.457. The van der Waals surface area contributed by atoms with Gasteiger partial charge in [-0.25, -0.2) is 14.5 Å². The van der Waals surface area contributed by atoms with Crippen LogP contribution >= 0.6 is 0 Å². The normalized spacial score (nSPS) is 25.0. The highest BCUT2D eigenvalue weighted by Gasteiger charge is 2.49. The molecule has 3 heterocycles. The van der Waals surface area contributed by atoms with E-state index in [0.717, 1.165) is 43.5 Å². The number of ether oxygens (including phenoxy) is 1. The van der Waals surface area contributed by atoms with Crippen LogP contribution in [0.3, 0.4) is 0 Å². The van der Waals surface area contributed by atoms with Crippen molar-refractivity contribution in [3.8, 4) is 5.82 Å². The van der Waals surface area contributed by atoms with Gasteiger partial charge in [-0.15, -0.1) is 0 Å². The number of piperidine rings is 1. The van der Waals surface area contributed by atoms with E-state index < -0.39 is 5.60 Å². The summed E-state index contributed by atoms with van der Waals surface area (Å²) >= 11 is 0. The molecule has 34 heavy (non-hydrogen) atoms. The lowest BCUT2D eigenvalue weighted by Gasteiger charge is -2.52. The molecule has 2 fully saturated rings. The summed E-state index contributed by atoms with van der Waals surface area (Å²) in [4.78, 5) is 19.7. The minimum atomic E-state index is -0.825. The molecule has 3 atom stereocenters. The fourth-order valence-electron chi connectivity index (χ4n) is 5.83. The number of hydrogen-bond donors (Lipinski definition) is 1. The third kappa shape index (κ3) is 4.14. The van der Waals surface area contributed by atoms with E-state index in [-0.39, 0.29) is 17.9 Å². The molecule has 3 aromatic rings. The van der Waals surface area contributed by atoms with Crippen LogP contribution in [0.1, 0.15) is 60.6 Å². The van der Waals surface area contributed by atoms with Crippen molar-refractivity contribution in [2.24, 2.45) is 5.92 Å². The molecule has 5 rings (SSSR count). The van der Waals surface area contributed by atoms with Crippen molar-refractivity contribution in [3.63, 3.8) is 0 Å². The van der Waals surface area contributed by atoms with Crippen LogP contribution in [0.15, 0.2) is 60.9 Å².